The van der Waals surface area contributed by atoms with Gasteiger partial charge < -0.3 is 5.11 Å². The second kappa shape index (κ2) is 5.53. The van der Waals surface area contributed by atoms with Crippen LogP contribution >= 0.6 is 27.5 Å². The molecule has 1 N–H and O–H groups in total. The van der Waals surface area contributed by atoms with Gasteiger partial charge in [-0.2, -0.15) is 0 Å². The highest BCUT2D eigenvalue weighted by atomic mass is 79.9. The van der Waals surface area contributed by atoms with Crippen molar-refractivity contribution in [1.82, 2.24) is 0 Å². The third kappa shape index (κ3) is 3.11. The second-order valence-corrected chi connectivity index (χ2v) is 5.22. The Hall–Kier alpha value is -1.04. The molecule has 2 rings (SSSR count). The monoisotopic (exact) mass is 350 g/mol. The normalized spacial score (nSPS) is 12.5. The molecule has 100 valence electrons. The first-order valence-corrected chi connectivity index (χ1v) is 6.34. The lowest BCUT2D eigenvalue weighted by Crippen LogP contribution is -2.03. The van der Waals surface area contributed by atoms with Gasteiger partial charge in [0.15, 0.2) is 11.6 Å². The molecule has 0 radical (unpaired) electrons. The number of aliphatic hydroxyl groups is 1. The molecule has 0 aromatic heterocycles. The highest BCUT2D eigenvalue weighted by Crippen LogP contribution is 2.31. The van der Waals surface area contributed by atoms with Gasteiger partial charge in [-0.05, 0) is 35.9 Å². The Morgan fingerprint density at radius 1 is 1.00 bits per heavy atom. The maximum Gasteiger partial charge on any atom is 0.160 e. The lowest BCUT2D eigenvalue weighted by Gasteiger charge is -2.14. The van der Waals surface area contributed by atoms with Crippen molar-refractivity contribution in [2.45, 2.75) is 6.10 Å². The fourth-order valence-corrected chi connectivity index (χ4v) is 2.40. The Kier molecular flexibility index (Phi) is 4.18. The molecule has 1 unspecified atom stereocenters. The van der Waals surface area contributed by atoms with Crippen molar-refractivity contribution in [3.63, 3.8) is 0 Å². The van der Waals surface area contributed by atoms with Crippen LogP contribution in [0.5, 0.6) is 0 Å². The number of benzene rings is 2. The van der Waals surface area contributed by atoms with Crippen LogP contribution in [-0.4, -0.2) is 5.11 Å². The van der Waals surface area contributed by atoms with Gasteiger partial charge in [-0.25, -0.2) is 13.2 Å². The summed E-state index contributed by atoms with van der Waals surface area (Å²) in [5, 5.41) is 9.94. The third-order valence-corrected chi connectivity index (χ3v) is 3.32. The van der Waals surface area contributed by atoms with Gasteiger partial charge in [0.1, 0.15) is 11.9 Å². The Balaban J connectivity index is 2.49. The van der Waals surface area contributed by atoms with Crippen LogP contribution in [-0.2, 0) is 0 Å². The van der Waals surface area contributed by atoms with Gasteiger partial charge in [-0.3, -0.25) is 0 Å². The van der Waals surface area contributed by atoms with Crippen molar-refractivity contribution in [2.75, 3.05) is 0 Å². The predicted molar refractivity (Wildman–Crippen MR) is 69.5 cm³/mol. The van der Waals surface area contributed by atoms with Crippen molar-refractivity contribution in [3.05, 3.63) is 68.4 Å². The standard InChI is InChI=1S/C13H7BrClF3O/c14-7-1-6(2-8(16)3-7)13(19)9-4-11(17)12(18)5-10(9)15/h1-5,13,19H. The molecule has 0 fully saturated rings. The minimum Gasteiger partial charge on any atom is -0.384 e. The molecule has 1 nitrogen and oxygen atoms in total. The van der Waals surface area contributed by atoms with Crippen LogP contribution < -0.4 is 0 Å². The summed E-state index contributed by atoms with van der Waals surface area (Å²) in [6.45, 7) is 0. The predicted octanol–water partition coefficient (Wildman–Crippen LogP) is 4.60. The lowest BCUT2D eigenvalue weighted by atomic mass is 10.0. The molecule has 2 aromatic rings. The van der Waals surface area contributed by atoms with Crippen LogP contribution in [0.25, 0.3) is 0 Å². The number of hydrogen-bond acceptors (Lipinski definition) is 1. The van der Waals surface area contributed by atoms with Crippen LogP contribution in [0.4, 0.5) is 13.2 Å². The van der Waals surface area contributed by atoms with E-state index in [1.165, 1.54) is 12.1 Å². The molecule has 1 atom stereocenters. The first-order valence-electron chi connectivity index (χ1n) is 5.17. The van der Waals surface area contributed by atoms with E-state index in [0.29, 0.717) is 4.47 Å². The van der Waals surface area contributed by atoms with E-state index in [-0.39, 0.29) is 16.1 Å². The largest absolute Gasteiger partial charge is 0.384 e. The molecule has 0 aliphatic carbocycles. The van der Waals surface area contributed by atoms with Crippen LogP contribution in [0.2, 0.25) is 5.02 Å². The summed E-state index contributed by atoms with van der Waals surface area (Å²) in [6, 6.07) is 5.33. The molecule has 0 saturated carbocycles. The van der Waals surface area contributed by atoms with Gasteiger partial charge in [0.25, 0.3) is 0 Å². The summed E-state index contributed by atoms with van der Waals surface area (Å²) < 4.78 is 39.8. The van der Waals surface area contributed by atoms with E-state index in [9.17, 15) is 18.3 Å². The Labute approximate surface area is 120 Å². The molecule has 0 amide bonds. The summed E-state index contributed by atoms with van der Waals surface area (Å²) in [7, 11) is 0. The molecule has 0 aliphatic rings. The van der Waals surface area contributed by atoms with Crippen molar-refractivity contribution in [3.8, 4) is 0 Å². The zero-order valence-electron chi connectivity index (χ0n) is 9.30. The Bertz CT molecular complexity index is 613. The highest BCUT2D eigenvalue weighted by molar-refractivity contribution is 9.10. The molecular formula is C13H7BrClF3O. The van der Waals surface area contributed by atoms with Crippen LogP contribution in [0, 0.1) is 17.5 Å². The fraction of sp³-hybridized carbons (Fsp3) is 0.0769. The van der Waals surface area contributed by atoms with Crippen molar-refractivity contribution < 1.29 is 18.3 Å². The minimum atomic E-state index is -1.35. The SMILES string of the molecule is OC(c1cc(F)cc(Br)c1)c1cc(F)c(F)cc1Cl. The average molecular weight is 352 g/mol. The zero-order valence-corrected chi connectivity index (χ0v) is 11.6. The topological polar surface area (TPSA) is 20.2 Å². The van der Waals surface area contributed by atoms with Crippen LogP contribution in [0.1, 0.15) is 17.2 Å². The highest BCUT2D eigenvalue weighted by Gasteiger charge is 2.18. The van der Waals surface area contributed by atoms with Crippen LogP contribution in [0.3, 0.4) is 0 Å². The minimum absolute atomic E-state index is 0.0296. The fourth-order valence-electron chi connectivity index (χ4n) is 1.66. The van der Waals surface area contributed by atoms with E-state index in [1.807, 2.05) is 0 Å². The van der Waals surface area contributed by atoms with Gasteiger partial charge in [-0.1, -0.05) is 27.5 Å². The molecule has 0 spiro atoms. The van der Waals surface area contributed by atoms with E-state index in [0.717, 1.165) is 18.2 Å². The first kappa shape index (κ1) is 14.4. The number of aliphatic hydroxyl groups excluding tert-OH is 1. The van der Waals surface area contributed by atoms with Gasteiger partial charge in [0.05, 0.1) is 0 Å². The van der Waals surface area contributed by atoms with E-state index in [2.05, 4.69) is 15.9 Å². The number of hydrogen-bond donors (Lipinski definition) is 1. The summed E-state index contributed by atoms with van der Waals surface area (Å²) in [6.07, 6.45) is -1.35. The summed E-state index contributed by atoms with van der Waals surface area (Å²) in [5.41, 5.74) is 0.151. The van der Waals surface area contributed by atoms with Gasteiger partial charge in [-0.15, -0.1) is 0 Å². The van der Waals surface area contributed by atoms with Crippen LogP contribution in [0.15, 0.2) is 34.8 Å². The van der Waals surface area contributed by atoms with E-state index >= 15 is 0 Å². The number of rotatable bonds is 2. The summed E-state index contributed by atoms with van der Waals surface area (Å²) >= 11 is 8.83. The average Bonchev–Trinajstić information content (AvgIpc) is 2.31. The van der Waals surface area contributed by atoms with Crippen molar-refractivity contribution >= 4 is 27.5 Å². The quantitative estimate of drug-likeness (QED) is 0.784. The summed E-state index contributed by atoms with van der Waals surface area (Å²) in [5.74, 6) is -2.81. The molecule has 0 bridgehead atoms. The molecule has 0 saturated heterocycles. The smallest absolute Gasteiger partial charge is 0.160 e. The maximum atomic E-state index is 13.2. The van der Waals surface area contributed by atoms with Gasteiger partial charge in [0.2, 0.25) is 0 Å². The molecule has 6 heteroatoms. The molecule has 2 aromatic carbocycles. The maximum absolute atomic E-state index is 13.2. The zero-order chi connectivity index (χ0) is 14.2. The van der Waals surface area contributed by atoms with Crippen molar-refractivity contribution in [2.24, 2.45) is 0 Å². The molecule has 19 heavy (non-hydrogen) atoms. The Morgan fingerprint density at radius 2 is 1.63 bits per heavy atom. The van der Waals surface area contributed by atoms with Gasteiger partial charge in [0, 0.05) is 15.1 Å². The molecule has 0 heterocycles. The van der Waals surface area contributed by atoms with E-state index in [1.54, 1.807) is 0 Å². The molecule has 0 aliphatic heterocycles. The first-order chi connectivity index (χ1) is 8.88. The Morgan fingerprint density at radius 3 is 2.26 bits per heavy atom. The second-order valence-electron chi connectivity index (χ2n) is 3.89. The number of halogens is 5. The summed E-state index contributed by atoms with van der Waals surface area (Å²) in [4.78, 5) is 0. The third-order valence-electron chi connectivity index (χ3n) is 2.53. The van der Waals surface area contributed by atoms with Crippen molar-refractivity contribution in [1.29, 1.82) is 0 Å². The molecular weight excluding hydrogens is 344 g/mol. The van der Waals surface area contributed by atoms with E-state index in [4.69, 9.17) is 11.6 Å². The van der Waals surface area contributed by atoms with Gasteiger partial charge >= 0.3 is 0 Å². The lowest BCUT2D eigenvalue weighted by molar-refractivity contribution is 0.219. The van der Waals surface area contributed by atoms with E-state index < -0.39 is 23.6 Å².